The molecule has 7 heteroatoms. The molecular weight excluding hydrogens is 352 g/mol. The van der Waals surface area contributed by atoms with Crippen molar-refractivity contribution in [3.63, 3.8) is 0 Å². The summed E-state index contributed by atoms with van der Waals surface area (Å²) in [7, 11) is 0. The molecule has 0 saturated carbocycles. The molecule has 0 rings (SSSR count). The van der Waals surface area contributed by atoms with Gasteiger partial charge in [-0.15, -0.1) is 0 Å². The largest absolute Gasteiger partial charge is 0.479 e. The monoisotopic (exact) mass is 390 g/mol. The molecule has 0 aromatic carbocycles. The van der Waals surface area contributed by atoms with E-state index in [1.165, 1.54) is 51.4 Å². The average Bonchev–Trinajstić information content (AvgIpc) is 2.66. The first-order valence-electron chi connectivity index (χ1n) is 10.3. The summed E-state index contributed by atoms with van der Waals surface area (Å²) in [6.45, 7) is 2.21. The second kappa shape index (κ2) is 16.0. The Morgan fingerprint density at radius 2 is 1.00 bits per heavy atom. The van der Waals surface area contributed by atoms with Gasteiger partial charge in [-0.1, -0.05) is 77.6 Å². The Balaban J connectivity index is 3.71. The predicted molar refractivity (Wildman–Crippen MR) is 102 cm³/mol. The highest BCUT2D eigenvalue weighted by atomic mass is 16.4. The Morgan fingerprint density at radius 3 is 1.41 bits per heavy atom. The first-order valence-corrected chi connectivity index (χ1v) is 10.3. The molecule has 0 unspecified atom stereocenters. The Hall–Kier alpha value is -1.02. The van der Waals surface area contributed by atoms with Crippen LogP contribution >= 0.6 is 0 Å². The SMILES string of the molecule is CCCCCCCCCCCCCCC(=O)[C@H](O)[C@@H](O)[C@H](O)[C@H](O)C(=O)O. The molecule has 0 fully saturated rings. The number of rotatable bonds is 18. The van der Waals surface area contributed by atoms with Gasteiger partial charge in [0.1, 0.15) is 18.3 Å². The number of hydrogen-bond donors (Lipinski definition) is 5. The molecular formula is C20H38O7. The fourth-order valence-electron chi connectivity index (χ4n) is 3.00. The number of hydrogen-bond acceptors (Lipinski definition) is 6. The van der Waals surface area contributed by atoms with E-state index in [0.717, 1.165) is 19.3 Å². The fraction of sp³-hybridized carbons (Fsp3) is 0.900. The summed E-state index contributed by atoms with van der Waals surface area (Å²) in [5.74, 6) is -2.40. The Bertz CT molecular complexity index is 400. The molecule has 0 bridgehead atoms. The van der Waals surface area contributed by atoms with Crippen molar-refractivity contribution in [2.45, 2.75) is 115 Å². The molecule has 0 saturated heterocycles. The van der Waals surface area contributed by atoms with Gasteiger partial charge in [-0.05, 0) is 6.42 Å². The third-order valence-electron chi connectivity index (χ3n) is 4.86. The van der Waals surface area contributed by atoms with E-state index in [9.17, 15) is 24.9 Å². The van der Waals surface area contributed by atoms with E-state index >= 15 is 0 Å². The topological polar surface area (TPSA) is 135 Å². The zero-order valence-corrected chi connectivity index (χ0v) is 16.6. The molecule has 4 atom stereocenters. The van der Waals surface area contributed by atoms with Crippen molar-refractivity contribution in [3.8, 4) is 0 Å². The molecule has 27 heavy (non-hydrogen) atoms. The van der Waals surface area contributed by atoms with Gasteiger partial charge in [0, 0.05) is 6.42 Å². The van der Waals surface area contributed by atoms with Crippen LogP contribution in [-0.2, 0) is 9.59 Å². The van der Waals surface area contributed by atoms with Crippen LogP contribution in [0.3, 0.4) is 0 Å². The van der Waals surface area contributed by atoms with Gasteiger partial charge in [-0.25, -0.2) is 4.79 Å². The van der Waals surface area contributed by atoms with Crippen LogP contribution in [0.15, 0.2) is 0 Å². The number of aliphatic carboxylic acids is 1. The lowest BCUT2D eigenvalue weighted by atomic mass is 9.97. The first kappa shape index (κ1) is 26.0. The van der Waals surface area contributed by atoms with Crippen molar-refractivity contribution in [1.82, 2.24) is 0 Å². The Kier molecular flexibility index (Phi) is 15.4. The van der Waals surface area contributed by atoms with Gasteiger partial charge < -0.3 is 25.5 Å². The lowest BCUT2D eigenvalue weighted by molar-refractivity contribution is -0.165. The number of aliphatic hydroxyl groups is 4. The number of carboxylic acids is 1. The summed E-state index contributed by atoms with van der Waals surface area (Å²) in [5, 5.41) is 46.5. The third-order valence-corrected chi connectivity index (χ3v) is 4.86. The van der Waals surface area contributed by atoms with Crippen LogP contribution in [0, 0.1) is 0 Å². The van der Waals surface area contributed by atoms with Gasteiger partial charge in [0.2, 0.25) is 0 Å². The van der Waals surface area contributed by atoms with Crippen LogP contribution in [0.4, 0.5) is 0 Å². The molecule has 0 spiro atoms. The molecule has 0 aliphatic carbocycles. The molecule has 0 aliphatic rings. The summed E-state index contributed by atoms with van der Waals surface area (Å²) < 4.78 is 0. The minimum absolute atomic E-state index is 0.0472. The van der Waals surface area contributed by atoms with Crippen LogP contribution in [0.25, 0.3) is 0 Å². The van der Waals surface area contributed by atoms with Gasteiger partial charge in [-0.3, -0.25) is 4.79 Å². The molecule has 0 aliphatic heterocycles. The Labute approximate surface area is 162 Å². The molecule has 0 radical (unpaired) electrons. The molecule has 0 amide bonds. The maximum atomic E-state index is 11.8. The second-order valence-electron chi connectivity index (χ2n) is 7.31. The first-order chi connectivity index (χ1) is 12.8. The van der Waals surface area contributed by atoms with Crippen LogP contribution in [0.1, 0.15) is 90.4 Å². The summed E-state index contributed by atoms with van der Waals surface area (Å²) in [6.07, 6.45) is 5.50. The fourth-order valence-corrected chi connectivity index (χ4v) is 3.00. The second-order valence-corrected chi connectivity index (χ2v) is 7.31. The molecule has 5 N–H and O–H groups in total. The van der Waals surface area contributed by atoms with E-state index < -0.39 is 36.2 Å². The van der Waals surface area contributed by atoms with Gasteiger partial charge in [0.05, 0.1) is 0 Å². The number of ketones is 1. The predicted octanol–water partition coefficient (Wildman–Crippen LogP) is 2.17. The lowest BCUT2D eigenvalue weighted by Crippen LogP contribution is -2.50. The standard InChI is InChI=1S/C20H38O7/c1-2-3-4-5-6-7-8-9-10-11-12-13-14-15(21)16(22)17(23)18(24)19(25)20(26)27/h16-19,22-25H,2-14H2,1H3,(H,26,27)/t16-,17+,18-,19-/m0/s1. The number of carboxylic acid groups (broad SMARTS) is 1. The summed E-state index contributed by atoms with van der Waals surface area (Å²) >= 11 is 0. The number of carbonyl (C=O) groups excluding carboxylic acids is 1. The minimum atomic E-state index is -2.26. The number of carbonyl (C=O) groups is 2. The minimum Gasteiger partial charge on any atom is -0.479 e. The Morgan fingerprint density at radius 1 is 0.630 bits per heavy atom. The van der Waals surface area contributed by atoms with Crippen LogP contribution in [0.5, 0.6) is 0 Å². The lowest BCUT2D eigenvalue weighted by Gasteiger charge is -2.23. The molecule has 0 heterocycles. The molecule has 7 nitrogen and oxygen atoms in total. The number of unbranched alkanes of at least 4 members (excludes halogenated alkanes) is 11. The van der Waals surface area contributed by atoms with Crippen molar-refractivity contribution in [1.29, 1.82) is 0 Å². The normalized spacial score (nSPS) is 15.9. The van der Waals surface area contributed by atoms with Gasteiger partial charge >= 0.3 is 5.97 Å². The van der Waals surface area contributed by atoms with Crippen molar-refractivity contribution >= 4 is 11.8 Å². The molecule has 0 aromatic rings. The number of Topliss-reactive ketones (excluding diaryl/α,β-unsaturated/α-hetero) is 1. The highest BCUT2D eigenvalue weighted by Crippen LogP contribution is 2.14. The average molecular weight is 391 g/mol. The van der Waals surface area contributed by atoms with Crippen molar-refractivity contribution in [3.05, 3.63) is 0 Å². The highest BCUT2D eigenvalue weighted by Gasteiger charge is 2.36. The molecule has 160 valence electrons. The van der Waals surface area contributed by atoms with Crippen LogP contribution < -0.4 is 0 Å². The van der Waals surface area contributed by atoms with E-state index in [4.69, 9.17) is 10.2 Å². The maximum Gasteiger partial charge on any atom is 0.335 e. The van der Waals surface area contributed by atoms with Crippen LogP contribution in [0.2, 0.25) is 0 Å². The summed E-state index contributed by atoms with van der Waals surface area (Å²) in [6, 6.07) is 0. The van der Waals surface area contributed by atoms with E-state index in [0.29, 0.717) is 6.42 Å². The third kappa shape index (κ3) is 12.1. The highest BCUT2D eigenvalue weighted by molar-refractivity contribution is 5.83. The zero-order chi connectivity index (χ0) is 20.7. The van der Waals surface area contributed by atoms with Crippen molar-refractivity contribution in [2.75, 3.05) is 0 Å². The van der Waals surface area contributed by atoms with Gasteiger partial charge in [0.25, 0.3) is 0 Å². The van der Waals surface area contributed by atoms with Crippen molar-refractivity contribution in [2.24, 2.45) is 0 Å². The van der Waals surface area contributed by atoms with Gasteiger partial charge in [-0.2, -0.15) is 0 Å². The van der Waals surface area contributed by atoms with E-state index in [1.807, 2.05) is 0 Å². The molecule has 0 aromatic heterocycles. The summed E-state index contributed by atoms with van der Waals surface area (Å²) in [4.78, 5) is 22.4. The van der Waals surface area contributed by atoms with Crippen LogP contribution in [-0.4, -0.2) is 61.7 Å². The van der Waals surface area contributed by atoms with E-state index in [1.54, 1.807) is 0 Å². The maximum absolute atomic E-state index is 11.8. The van der Waals surface area contributed by atoms with E-state index in [-0.39, 0.29) is 6.42 Å². The number of aliphatic hydroxyl groups excluding tert-OH is 4. The van der Waals surface area contributed by atoms with E-state index in [2.05, 4.69) is 6.92 Å². The summed E-state index contributed by atoms with van der Waals surface area (Å²) in [5.41, 5.74) is 0. The van der Waals surface area contributed by atoms with Gasteiger partial charge in [0.15, 0.2) is 11.9 Å². The quantitative estimate of drug-likeness (QED) is 0.226. The van der Waals surface area contributed by atoms with Crippen molar-refractivity contribution < 1.29 is 35.1 Å². The zero-order valence-electron chi connectivity index (χ0n) is 16.6. The smallest absolute Gasteiger partial charge is 0.335 e.